The second-order valence-electron chi connectivity index (χ2n) is 5.30. The van der Waals surface area contributed by atoms with Gasteiger partial charge in [-0.1, -0.05) is 32.0 Å². The van der Waals surface area contributed by atoms with E-state index in [1.807, 2.05) is 24.4 Å². The normalized spacial score (nSPS) is 11.6. The Kier molecular flexibility index (Phi) is 3.85. The van der Waals surface area contributed by atoms with Gasteiger partial charge in [-0.05, 0) is 24.6 Å². The molecule has 0 aliphatic carbocycles. The molecule has 3 rings (SSSR count). The summed E-state index contributed by atoms with van der Waals surface area (Å²) in [5.74, 6) is 1.52. The van der Waals surface area contributed by atoms with E-state index in [9.17, 15) is 0 Å². The van der Waals surface area contributed by atoms with Crippen LogP contribution in [-0.2, 0) is 6.54 Å². The number of para-hydroxylation sites is 1. The molecule has 0 atom stereocenters. The highest BCUT2D eigenvalue weighted by Gasteiger charge is 2.10. The van der Waals surface area contributed by atoms with Gasteiger partial charge >= 0.3 is 0 Å². The van der Waals surface area contributed by atoms with Crippen molar-refractivity contribution in [3.63, 3.8) is 0 Å². The number of rotatable bonds is 5. The van der Waals surface area contributed by atoms with Gasteiger partial charge < -0.3 is 9.73 Å². The molecule has 1 N–H and O–H groups in total. The minimum atomic E-state index is 0.665. The molecule has 0 amide bonds. The number of thiazole rings is 1. The van der Waals surface area contributed by atoms with Crippen LogP contribution in [0.5, 0.6) is 0 Å². The first kappa shape index (κ1) is 13.3. The van der Waals surface area contributed by atoms with Crippen molar-refractivity contribution < 1.29 is 4.42 Å². The summed E-state index contributed by atoms with van der Waals surface area (Å²) in [6.07, 6.45) is 1.93. The lowest BCUT2D eigenvalue weighted by Gasteiger charge is -2.04. The van der Waals surface area contributed by atoms with Crippen molar-refractivity contribution in [1.29, 1.82) is 0 Å². The molecule has 0 spiro atoms. The first-order valence-electron chi connectivity index (χ1n) is 6.87. The molecule has 0 aliphatic heterocycles. The van der Waals surface area contributed by atoms with E-state index in [1.54, 1.807) is 11.3 Å². The number of nitrogens with zero attached hydrogens (tertiary/aromatic N) is 1. The summed E-state index contributed by atoms with van der Waals surface area (Å²) < 4.78 is 5.84. The van der Waals surface area contributed by atoms with Crippen molar-refractivity contribution in [2.45, 2.75) is 20.4 Å². The molecule has 0 saturated carbocycles. The number of hydrogen-bond acceptors (Lipinski definition) is 4. The minimum Gasteiger partial charge on any atom is -0.454 e. The second-order valence-corrected chi connectivity index (χ2v) is 6.42. The Morgan fingerprint density at radius 1 is 1.30 bits per heavy atom. The summed E-state index contributed by atoms with van der Waals surface area (Å²) in [5.41, 5.74) is 0.914. The molecule has 0 unspecified atom stereocenters. The molecular weight excluding hydrogens is 268 g/mol. The van der Waals surface area contributed by atoms with E-state index in [4.69, 9.17) is 4.42 Å². The van der Waals surface area contributed by atoms with Crippen LogP contribution in [0.25, 0.3) is 21.7 Å². The number of nitrogens with one attached hydrogen (secondary N) is 1. The maximum Gasteiger partial charge on any atom is 0.164 e. The molecule has 1 aromatic carbocycles. The predicted octanol–water partition coefficient (Wildman–Crippen LogP) is 4.30. The Balaban J connectivity index is 1.75. The molecular formula is C16H18N2OS. The van der Waals surface area contributed by atoms with E-state index < -0.39 is 0 Å². The maximum atomic E-state index is 5.84. The summed E-state index contributed by atoms with van der Waals surface area (Å²) in [4.78, 5) is 5.70. The van der Waals surface area contributed by atoms with Crippen LogP contribution >= 0.6 is 11.3 Å². The molecule has 4 heteroatoms. The van der Waals surface area contributed by atoms with Gasteiger partial charge in [0.15, 0.2) is 10.8 Å². The zero-order chi connectivity index (χ0) is 13.9. The van der Waals surface area contributed by atoms with Crippen molar-refractivity contribution in [3.05, 3.63) is 41.4 Å². The van der Waals surface area contributed by atoms with E-state index >= 15 is 0 Å². The number of hydrogen-bond donors (Lipinski definition) is 1. The topological polar surface area (TPSA) is 38.1 Å². The van der Waals surface area contributed by atoms with Crippen molar-refractivity contribution in [3.8, 4) is 10.8 Å². The lowest BCUT2D eigenvalue weighted by Crippen LogP contribution is -2.18. The van der Waals surface area contributed by atoms with E-state index in [-0.39, 0.29) is 0 Å². The Morgan fingerprint density at radius 3 is 2.95 bits per heavy atom. The van der Waals surface area contributed by atoms with Crippen LogP contribution in [0.1, 0.15) is 18.7 Å². The molecule has 0 fully saturated rings. The smallest absolute Gasteiger partial charge is 0.164 e. The fraction of sp³-hybridized carbons (Fsp3) is 0.312. The van der Waals surface area contributed by atoms with E-state index in [0.29, 0.717) is 5.92 Å². The molecule has 20 heavy (non-hydrogen) atoms. The molecule has 3 aromatic rings. The lowest BCUT2D eigenvalue weighted by molar-refractivity contribution is 0.554. The standard InChI is InChI=1S/C16H18N2OS/c1-11(2)8-17-9-13-10-18-16(20-13)15-7-12-5-3-4-6-14(12)19-15/h3-7,10-11,17H,8-9H2,1-2H3. The monoisotopic (exact) mass is 286 g/mol. The number of fused-ring (bicyclic) bond motifs is 1. The molecule has 0 aliphatic rings. The Labute approximate surface area is 122 Å². The first-order valence-corrected chi connectivity index (χ1v) is 7.68. The average Bonchev–Trinajstić information content (AvgIpc) is 3.03. The number of aromatic nitrogens is 1. The summed E-state index contributed by atoms with van der Waals surface area (Å²) in [7, 11) is 0. The third-order valence-corrected chi connectivity index (χ3v) is 4.05. The molecule has 0 saturated heterocycles. The van der Waals surface area contributed by atoms with Gasteiger partial charge in [0.05, 0.1) is 0 Å². The van der Waals surface area contributed by atoms with Crippen LogP contribution in [0.4, 0.5) is 0 Å². The third-order valence-electron chi connectivity index (χ3n) is 3.04. The summed E-state index contributed by atoms with van der Waals surface area (Å²) in [6.45, 7) is 6.31. The molecule has 2 aromatic heterocycles. The highest BCUT2D eigenvalue weighted by Crippen LogP contribution is 2.30. The quantitative estimate of drug-likeness (QED) is 0.760. The van der Waals surface area contributed by atoms with Gasteiger partial charge in [-0.15, -0.1) is 11.3 Å². The average molecular weight is 286 g/mol. The highest BCUT2D eigenvalue weighted by molar-refractivity contribution is 7.14. The largest absolute Gasteiger partial charge is 0.454 e. The zero-order valence-corrected chi connectivity index (χ0v) is 12.5. The SMILES string of the molecule is CC(C)CNCc1cnc(-c2cc3ccccc3o2)s1. The Bertz CT molecular complexity index is 666. The number of furan rings is 1. The van der Waals surface area contributed by atoms with Crippen molar-refractivity contribution >= 4 is 22.3 Å². The van der Waals surface area contributed by atoms with E-state index in [2.05, 4.69) is 36.3 Å². The van der Waals surface area contributed by atoms with Crippen molar-refractivity contribution in [2.24, 2.45) is 5.92 Å². The van der Waals surface area contributed by atoms with Gasteiger partial charge in [-0.2, -0.15) is 0 Å². The van der Waals surface area contributed by atoms with Crippen LogP contribution in [0.2, 0.25) is 0 Å². The van der Waals surface area contributed by atoms with Crippen LogP contribution in [-0.4, -0.2) is 11.5 Å². The van der Waals surface area contributed by atoms with Gasteiger partial charge in [-0.25, -0.2) is 4.98 Å². The zero-order valence-electron chi connectivity index (χ0n) is 11.7. The Morgan fingerprint density at radius 2 is 2.15 bits per heavy atom. The van der Waals surface area contributed by atoms with E-state index in [0.717, 1.165) is 34.8 Å². The van der Waals surface area contributed by atoms with Gasteiger partial charge in [0.2, 0.25) is 0 Å². The van der Waals surface area contributed by atoms with Crippen LogP contribution in [0.15, 0.2) is 40.9 Å². The molecule has 104 valence electrons. The Hall–Kier alpha value is -1.65. The van der Waals surface area contributed by atoms with Crippen molar-refractivity contribution in [2.75, 3.05) is 6.54 Å². The molecule has 2 heterocycles. The third kappa shape index (κ3) is 2.92. The van der Waals surface area contributed by atoms with Crippen molar-refractivity contribution in [1.82, 2.24) is 10.3 Å². The van der Waals surface area contributed by atoms with E-state index in [1.165, 1.54) is 4.88 Å². The second kappa shape index (κ2) is 5.77. The van der Waals surface area contributed by atoms with Gasteiger partial charge in [0.25, 0.3) is 0 Å². The lowest BCUT2D eigenvalue weighted by atomic mass is 10.2. The predicted molar refractivity (Wildman–Crippen MR) is 83.9 cm³/mol. The fourth-order valence-electron chi connectivity index (χ4n) is 2.07. The van der Waals surface area contributed by atoms with Gasteiger partial charge in [0, 0.05) is 23.0 Å². The molecule has 0 bridgehead atoms. The minimum absolute atomic E-state index is 0.665. The summed E-state index contributed by atoms with van der Waals surface area (Å²) in [6, 6.07) is 10.1. The molecule has 3 nitrogen and oxygen atoms in total. The fourth-order valence-corrected chi connectivity index (χ4v) is 2.91. The van der Waals surface area contributed by atoms with Gasteiger partial charge in [-0.3, -0.25) is 0 Å². The maximum absolute atomic E-state index is 5.84. The van der Waals surface area contributed by atoms with Crippen LogP contribution < -0.4 is 5.32 Å². The van der Waals surface area contributed by atoms with Crippen LogP contribution in [0, 0.1) is 5.92 Å². The molecule has 0 radical (unpaired) electrons. The van der Waals surface area contributed by atoms with Gasteiger partial charge in [0.1, 0.15) is 5.58 Å². The first-order chi connectivity index (χ1) is 9.72. The number of benzene rings is 1. The van der Waals surface area contributed by atoms with Crippen LogP contribution in [0.3, 0.4) is 0 Å². The highest BCUT2D eigenvalue weighted by atomic mass is 32.1. The summed E-state index contributed by atoms with van der Waals surface area (Å²) >= 11 is 1.69. The summed E-state index contributed by atoms with van der Waals surface area (Å²) in [5, 5.41) is 5.50.